The average molecular weight is 424 g/mol. The van der Waals surface area contributed by atoms with E-state index >= 15 is 0 Å². The third kappa shape index (κ3) is 5.54. The van der Waals surface area contributed by atoms with Crippen molar-refractivity contribution in [2.45, 2.75) is 63.8 Å². The second-order valence-electron chi connectivity index (χ2n) is 9.02. The minimum Gasteiger partial charge on any atom is -0.353 e. The molecular weight excluding hydrogens is 390 g/mol. The van der Waals surface area contributed by atoms with Crippen molar-refractivity contribution < 1.29 is 14.4 Å². The van der Waals surface area contributed by atoms with Crippen molar-refractivity contribution in [3.8, 4) is 0 Å². The molecule has 0 unspecified atom stereocenters. The van der Waals surface area contributed by atoms with Crippen LogP contribution in [0.2, 0.25) is 0 Å². The van der Waals surface area contributed by atoms with E-state index in [1.807, 2.05) is 40.1 Å². The largest absolute Gasteiger partial charge is 0.353 e. The van der Waals surface area contributed by atoms with Crippen LogP contribution in [0.3, 0.4) is 0 Å². The van der Waals surface area contributed by atoms with Crippen molar-refractivity contribution in [1.82, 2.24) is 10.2 Å². The summed E-state index contributed by atoms with van der Waals surface area (Å²) in [7, 11) is 0. The number of nitrogens with one attached hydrogen (secondary N) is 1. The minimum absolute atomic E-state index is 0.0101. The fourth-order valence-electron chi connectivity index (χ4n) is 4.89. The van der Waals surface area contributed by atoms with E-state index in [9.17, 15) is 14.4 Å². The molecule has 3 aliphatic rings. The maximum atomic E-state index is 12.6. The van der Waals surface area contributed by atoms with E-state index in [1.54, 1.807) is 6.08 Å². The van der Waals surface area contributed by atoms with Gasteiger partial charge in [0, 0.05) is 49.8 Å². The van der Waals surface area contributed by atoms with Crippen molar-refractivity contribution in [2.75, 3.05) is 24.5 Å². The fourth-order valence-corrected chi connectivity index (χ4v) is 4.89. The van der Waals surface area contributed by atoms with Gasteiger partial charge in [-0.25, -0.2) is 0 Å². The number of anilines is 1. The van der Waals surface area contributed by atoms with Gasteiger partial charge in [0.05, 0.1) is 0 Å². The predicted octanol–water partition coefficient (Wildman–Crippen LogP) is 3.51. The number of hydrogen-bond donors (Lipinski definition) is 1. The van der Waals surface area contributed by atoms with E-state index in [1.165, 1.54) is 6.42 Å². The summed E-state index contributed by atoms with van der Waals surface area (Å²) in [5.41, 5.74) is 1.86. The summed E-state index contributed by atoms with van der Waals surface area (Å²) in [6.07, 6.45) is 12.2. The first-order valence-electron chi connectivity index (χ1n) is 11.8. The standard InChI is InChI=1S/C25H33N3O3/c29-23(13-10-19-8-11-22(12-9-19)28-16-4-7-24(28)30)27-17-14-21(15-18-27)26-25(31)20-5-2-1-3-6-20/h8-13,20-21H,1-7,14-18H2,(H,26,31)/b13-10+. The predicted molar refractivity (Wildman–Crippen MR) is 121 cm³/mol. The summed E-state index contributed by atoms with van der Waals surface area (Å²) in [4.78, 5) is 40.5. The summed E-state index contributed by atoms with van der Waals surface area (Å²) >= 11 is 0. The van der Waals surface area contributed by atoms with Gasteiger partial charge in [-0.1, -0.05) is 31.4 Å². The van der Waals surface area contributed by atoms with Crippen LogP contribution in [0.15, 0.2) is 30.3 Å². The maximum absolute atomic E-state index is 12.6. The Bertz CT molecular complexity index is 819. The van der Waals surface area contributed by atoms with Gasteiger partial charge in [-0.05, 0) is 55.9 Å². The number of hydrogen-bond acceptors (Lipinski definition) is 3. The Morgan fingerprint density at radius 1 is 0.903 bits per heavy atom. The first-order chi connectivity index (χ1) is 15.1. The molecule has 0 spiro atoms. The molecule has 3 fully saturated rings. The molecule has 0 radical (unpaired) electrons. The zero-order valence-corrected chi connectivity index (χ0v) is 18.2. The second-order valence-corrected chi connectivity index (χ2v) is 9.02. The molecule has 1 aliphatic carbocycles. The van der Waals surface area contributed by atoms with Gasteiger partial charge >= 0.3 is 0 Å². The smallest absolute Gasteiger partial charge is 0.246 e. The van der Waals surface area contributed by atoms with Gasteiger partial charge in [0.15, 0.2) is 0 Å². The molecule has 4 rings (SSSR count). The first kappa shape index (κ1) is 21.6. The number of rotatable bonds is 5. The van der Waals surface area contributed by atoms with Gasteiger partial charge in [0.2, 0.25) is 17.7 Å². The van der Waals surface area contributed by atoms with Crippen LogP contribution < -0.4 is 10.2 Å². The van der Waals surface area contributed by atoms with Crippen LogP contribution in [0.25, 0.3) is 6.08 Å². The highest BCUT2D eigenvalue weighted by Gasteiger charge is 2.27. The molecular formula is C25H33N3O3. The Balaban J connectivity index is 1.23. The quantitative estimate of drug-likeness (QED) is 0.737. The van der Waals surface area contributed by atoms with Crippen LogP contribution in [0, 0.1) is 5.92 Å². The Labute approximate surface area is 184 Å². The van der Waals surface area contributed by atoms with Gasteiger partial charge in [0.25, 0.3) is 0 Å². The van der Waals surface area contributed by atoms with E-state index in [0.717, 1.165) is 62.7 Å². The Morgan fingerprint density at radius 2 is 1.61 bits per heavy atom. The summed E-state index contributed by atoms with van der Waals surface area (Å²) in [5.74, 6) is 0.586. The van der Waals surface area contributed by atoms with Crippen LogP contribution >= 0.6 is 0 Å². The summed E-state index contributed by atoms with van der Waals surface area (Å²) in [6.45, 7) is 2.13. The highest BCUT2D eigenvalue weighted by atomic mass is 16.2. The number of carbonyl (C=O) groups is 3. The normalized spacial score (nSPS) is 21.1. The molecule has 31 heavy (non-hydrogen) atoms. The highest BCUT2D eigenvalue weighted by Crippen LogP contribution is 2.25. The SMILES string of the molecule is O=C(NC1CCN(C(=O)/C=C/c2ccc(N3CCCC3=O)cc2)CC1)C1CCCCC1. The zero-order chi connectivity index (χ0) is 21.6. The van der Waals surface area contributed by atoms with E-state index in [4.69, 9.17) is 0 Å². The third-order valence-electron chi connectivity index (χ3n) is 6.83. The number of piperidine rings is 1. The van der Waals surface area contributed by atoms with Crippen molar-refractivity contribution in [3.63, 3.8) is 0 Å². The van der Waals surface area contributed by atoms with Gasteiger partial charge in [0.1, 0.15) is 0 Å². The van der Waals surface area contributed by atoms with Crippen molar-refractivity contribution in [3.05, 3.63) is 35.9 Å². The molecule has 1 aromatic carbocycles. The van der Waals surface area contributed by atoms with Gasteiger partial charge < -0.3 is 15.1 Å². The van der Waals surface area contributed by atoms with E-state index in [2.05, 4.69) is 5.32 Å². The van der Waals surface area contributed by atoms with E-state index in [0.29, 0.717) is 19.5 Å². The topological polar surface area (TPSA) is 69.7 Å². The van der Waals surface area contributed by atoms with Crippen LogP contribution in [-0.2, 0) is 14.4 Å². The van der Waals surface area contributed by atoms with Gasteiger partial charge in [-0.15, -0.1) is 0 Å². The number of nitrogens with zero attached hydrogens (tertiary/aromatic N) is 2. The van der Waals surface area contributed by atoms with Crippen molar-refractivity contribution in [1.29, 1.82) is 0 Å². The van der Waals surface area contributed by atoms with Crippen LogP contribution in [0.1, 0.15) is 63.4 Å². The summed E-state index contributed by atoms with van der Waals surface area (Å²) in [6, 6.07) is 7.94. The van der Waals surface area contributed by atoms with E-state index in [-0.39, 0.29) is 29.7 Å². The Kier molecular flexibility index (Phi) is 7.05. The van der Waals surface area contributed by atoms with Crippen LogP contribution in [-0.4, -0.2) is 48.3 Å². The molecule has 2 aliphatic heterocycles. The molecule has 1 saturated carbocycles. The average Bonchev–Trinajstić information content (AvgIpc) is 3.24. The summed E-state index contributed by atoms with van der Waals surface area (Å²) in [5, 5.41) is 3.21. The Hall–Kier alpha value is -2.63. The number of carbonyl (C=O) groups excluding carboxylic acids is 3. The molecule has 1 N–H and O–H groups in total. The van der Waals surface area contributed by atoms with Crippen molar-refractivity contribution in [2.24, 2.45) is 5.92 Å². The van der Waals surface area contributed by atoms with Gasteiger partial charge in [-0.2, -0.15) is 0 Å². The lowest BCUT2D eigenvalue weighted by atomic mass is 9.88. The molecule has 6 heteroatoms. The molecule has 1 aromatic rings. The Morgan fingerprint density at radius 3 is 2.26 bits per heavy atom. The molecule has 0 aromatic heterocycles. The molecule has 2 heterocycles. The monoisotopic (exact) mass is 423 g/mol. The van der Waals surface area contributed by atoms with Gasteiger partial charge in [-0.3, -0.25) is 14.4 Å². The van der Waals surface area contributed by atoms with Crippen molar-refractivity contribution >= 4 is 29.5 Å². The minimum atomic E-state index is 0.0101. The number of likely N-dealkylation sites (tertiary alicyclic amines) is 1. The molecule has 6 nitrogen and oxygen atoms in total. The highest BCUT2D eigenvalue weighted by molar-refractivity contribution is 5.95. The second kappa shape index (κ2) is 10.1. The molecule has 0 atom stereocenters. The summed E-state index contributed by atoms with van der Waals surface area (Å²) < 4.78 is 0. The number of benzene rings is 1. The zero-order valence-electron chi connectivity index (χ0n) is 18.2. The lowest BCUT2D eigenvalue weighted by molar-refractivity contribution is -0.128. The lowest BCUT2D eigenvalue weighted by Crippen LogP contribution is -2.47. The molecule has 166 valence electrons. The first-order valence-corrected chi connectivity index (χ1v) is 11.8. The molecule has 0 bridgehead atoms. The van der Waals surface area contributed by atoms with E-state index < -0.39 is 0 Å². The van der Waals surface area contributed by atoms with Crippen LogP contribution in [0.5, 0.6) is 0 Å². The molecule has 2 saturated heterocycles. The van der Waals surface area contributed by atoms with Crippen LogP contribution in [0.4, 0.5) is 5.69 Å². The fraction of sp³-hybridized carbons (Fsp3) is 0.560. The third-order valence-corrected chi connectivity index (χ3v) is 6.83. The number of amides is 3. The maximum Gasteiger partial charge on any atom is 0.246 e. The lowest BCUT2D eigenvalue weighted by Gasteiger charge is -2.33. The molecule has 3 amide bonds.